The van der Waals surface area contributed by atoms with Crippen LogP contribution in [0.4, 0.5) is 0 Å². The van der Waals surface area contributed by atoms with Crippen LogP contribution < -0.4 is 11.2 Å². The van der Waals surface area contributed by atoms with E-state index in [9.17, 15) is 39.4 Å². The van der Waals surface area contributed by atoms with Gasteiger partial charge < -0.3 is 24.1 Å². The largest absolute Gasteiger partial charge is 0.481 e. The SMILES string of the molecule is C=C(C)[C@@H]1CC[C@]2(COC(=O)C(C)(C)CC(=O)OC[C@H]3O[C@@H](n4cc(C)c(=O)[nH]c4=O)C[C@@H]3N=[N+]=[N-])CC[C@]3(C)[C@H](CC[C@@H]4[C@@]5(C)CC[C@H](OC(=O)CC(C)(C)C(=O)O)C(C)(C)[C@@H]5CC[C@]43C)[C@@H]12. The number of carbonyl (C=O) groups excluding carboxylic acids is 3. The van der Waals surface area contributed by atoms with Crippen molar-refractivity contribution in [2.75, 3.05) is 13.2 Å². The maximum atomic E-state index is 14.1. The van der Waals surface area contributed by atoms with Crippen LogP contribution in [0.5, 0.6) is 0 Å². The van der Waals surface area contributed by atoms with Crippen molar-refractivity contribution in [3.05, 3.63) is 55.2 Å². The van der Waals surface area contributed by atoms with E-state index in [1.54, 1.807) is 34.6 Å². The Morgan fingerprint density at radius 3 is 2.26 bits per heavy atom. The standard InChI is InChI=1S/C52H77N5O11/c1-29(2)31-15-20-52(28-66-44(63)47(6,7)24-39(58)65-27-34-33(55-56-53)23-38(67-34)57-26-30(3)42(60)54-45(57)64)22-21-50(11)32(41(31)52)13-14-36-49(10)18-17-37(68-40(59)25-46(4,5)43(61)62)48(8,9)35(49)16-19-51(36,50)12/h26,31-38,41H,1,13-25,27-28H2,2-12H3,(H,61,62)(H,54,60,64)/t31-,32+,33-,34+,35-,36+,37-,38+,41+,49-,50+,51+,52+/m0/s1. The number of nitrogens with one attached hydrogen (secondary N) is 1. The summed E-state index contributed by atoms with van der Waals surface area (Å²) >= 11 is 0. The molecule has 5 aliphatic carbocycles. The molecule has 0 aromatic carbocycles. The van der Waals surface area contributed by atoms with Crippen molar-refractivity contribution < 1.29 is 43.2 Å². The zero-order chi connectivity index (χ0) is 50.2. The van der Waals surface area contributed by atoms with E-state index in [4.69, 9.17) is 18.9 Å². The average Bonchev–Trinajstić information content (AvgIpc) is 3.83. The Hall–Kier alpha value is -4.43. The summed E-state index contributed by atoms with van der Waals surface area (Å²) in [4.78, 5) is 82.1. The molecule has 0 spiro atoms. The quantitative estimate of drug-likeness (QED) is 0.0446. The van der Waals surface area contributed by atoms with Crippen molar-refractivity contribution in [1.29, 1.82) is 0 Å². The molecule has 6 aliphatic rings. The lowest BCUT2D eigenvalue weighted by Gasteiger charge is -2.73. The summed E-state index contributed by atoms with van der Waals surface area (Å²) in [6, 6.07) is -0.748. The van der Waals surface area contributed by atoms with E-state index in [2.05, 4.69) is 63.1 Å². The van der Waals surface area contributed by atoms with Crippen LogP contribution in [-0.2, 0) is 38.1 Å². The van der Waals surface area contributed by atoms with E-state index >= 15 is 0 Å². The lowest BCUT2D eigenvalue weighted by Crippen LogP contribution is -2.67. The molecule has 68 heavy (non-hydrogen) atoms. The number of hydrogen-bond acceptors (Lipinski definition) is 11. The van der Waals surface area contributed by atoms with Crippen LogP contribution in [0.1, 0.15) is 164 Å². The van der Waals surface area contributed by atoms with E-state index in [-0.39, 0.29) is 65.7 Å². The number of rotatable bonds is 14. The number of carboxylic acids is 1. The molecule has 0 radical (unpaired) electrons. The number of nitrogens with zero attached hydrogens (tertiary/aromatic N) is 4. The number of aryl methyl sites for hydroxylation is 1. The number of hydrogen-bond donors (Lipinski definition) is 2. The molecular formula is C52H77N5O11. The molecule has 2 heterocycles. The van der Waals surface area contributed by atoms with Gasteiger partial charge in [0.15, 0.2) is 0 Å². The number of esters is 3. The molecule has 376 valence electrons. The maximum absolute atomic E-state index is 14.1. The third-order valence-corrected chi connectivity index (χ3v) is 19.5. The van der Waals surface area contributed by atoms with Crippen LogP contribution in [0.3, 0.4) is 0 Å². The van der Waals surface area contributed by atoms with Crippen molar-refractivity contribution in [3.63, 3.8) is 0 Å². The Morgan fingerprint density at radius 1 is 0.912 bits per heavy atom. The summed E-state index contributed by atoms with van der Waals surface area (Å²) in [6.07, 6.45) is 9.00. The van der Waals surface area contributed by atoms with Crippen molar-refractivity contribution in [2.45, 2.75) is 184 Å². The number of ether oxygens (including phenoxy) is 4. The Kier molecular flexibility index (Phi) is 13.7. The van der Waals surface area contributed by atoms with Gasteiger partial charge in [-0.1, -0.05) is 51.9 Å². The number of aromatic amines is 1. The molecule has 0 amide bonds. The second-order valence-corrected chi connectivity index (χ2v) is 24.7. The highest BCUT2D eigenvalue weighted by Crippen LogP contribution is 2.77. The van der Waals surface area contributed by atoms with E-state index in [1.807, 2.05) is 0 Å². The highest BCUT2D eigenvalue weighted by atomic mass is 16.6. The minimum atomic E-state index is -1.21. The second kappa shape index (κ2) is 18.1. The van der Waals surface area contributed by atoms with Gasteiger partial charge in [0.05, 0.1) is 36.3 Å². The second-order valence-electron chi connectivity index (χ2n) is 24.7. The molecular weight excluding hydrogens is 871 g/mol. The predicted octanol–water partition coefficient (Wildman–Crippen LogP) is 9.38. The number of H-pyrrole nitrogens is 1. The van der Waals surface area contributed by atoms with Crippen LogP contribution in [0, 0.1) is 74.4 Å². The minimum Gasteiger partial charge on any atom is -0.481 e. The summed E-state index contributed by atoms with van der Waals surface area (Å²) in [6.45, 7) is 26.9. The Bertz CT molecular complexity index is 2360. The predicted molar refractivity (Wildman–Crippen MR) is 253 cm³/mol. The van der Waals surface area contributed by atoms with Crippen LogP contribution >= 0.6 is 0 Å². The highest BCUT2D eigenvalue weighted by molar-refractivity contribution is 5.83. The highest BCUT2D eigenvalue weighted by Gasteiger charge is 2.71. The van der Waals surface area contributed by atoms with Crippen molar-refractivity contribution in [2.24, 2.45) is 72.6 Å². The van der Waals surface area contributed by atoms with Crippen LogP contribution in [0.2, 0.25) is 0 Å². The molecule has 7 rings (SSSR count). The van der Waals surface area contributed by atoms with Gasteiger partial charge in [-0.15, -0.1) is 0 Å². The first-order valence-corrected chi connectivity index (χ1v) is 25.0. The molecule has 16 heteroatoms. The molecule has 1 aliphatic heterocycles. The van der Waals surface area contributed by atoms with Gasteiger partial charge in [-0.25, -0.2) is 4.79 Å². The first-order chi connectivity index (χ1) is 31.6. The lowest BCUT2D eigenvalue weighted by molar-refractivity contribution is -0.252. The smallest absolute Gasteiger partial charge is 0.330 e. The summed E-state index contributed by atoms with van der Waals surface area (Å²) in [5.41, 5.74) is 6.76. The summed E-state index contributed by atoms with van der Waals surface area (Å²) < 4.78 is 25.4. The van der Waals surface area contributed by atoms with Crippen molar-refractivity contribution in [1.82, 2.24) is 9.55 Å². The van der Waals surface area contributed by atoms with Gasteiger partial charge in [0, 0.05) is 33.9 Å². The Balaban J connectivity index is 1.01. The fraction of sp³-hybridized carbons (Fsp3) is 0.808. The van der Waals surface area contributed by atoms with Crippen LogP contribution in [0.25, 0.3) is 10.4 Å². The van der Waals surface area contributed by atoms with Crippen LogP contribution in [-0.4, -0.2) is 70.0 Å². The van der Waals surface area contributed by atoms with Gasteiger partial charge in [-0.2, -0.15) is 0 Å². The van der Waals surface area contributed by atoms with E-state index in [0.717, 1.165) is 64.2 Å². The van der Waals surface area contributed by atoms with Gasteiger partial charge in [0.1, 0.15) is 25.0 Å². The normalized spacial score (nSPS) is 37.2. The number of fused-ring (bicyclic) bond motifs is 7. The number of allylic oxidation sites excluding steroid dienone is 1. The molecule has 1 aromatic heterocycles. The first-order valence-electron chi connectivity index (χ1n) is 25.0. The molecule has 13 atom stereocenters. The van der Waals surface area contributed by atoms with Gasteiger partial charge in [0.2, 0.25) is 0 Å². The topological polar surface area (TPSA) is 229 Å². The molecule has 0 bridgehead atoms. The molecule has 6 fully saturated rings. The van der Waals surface area contributed by atoms with Crippen LogP contribution in [0.15, 0.2) is 33.1 Å². The van der Waals surface area contributed by atoms with Gasteiger partial charge in [-0.05, 0) is 157 Å². The minimum absolute atomic E-state index is 0.0362. The first kappa shape index (κ1) is 51.4. The third-order valence-electron chi connectivity index (χ3n) is 19.5. The third kappa shape index (κ3) is 8.76. The molecule has 1 aromatic rings. The molecule has 2 N–H and O–H groups in total. The fourth-order valence-electron chi connectivity index (χ4n) is 15.4. The van der Waals surface area contributed by atoms with Crippen molar-refractivity contribution >= 4 is 23.9 Å². The number of aliphatic carboxylic acids is 1. The Morgan fingerprint density at radius 2 is 1.60 bits per heavy atom. The summed E-state index contributed by atoms with van der Waals surface area (Å²) in [7, 11) is 0. The summed E-state index contributed by atoms with van der Waals surface area (Å²) in [5.74, 6) is -0.744. The van der Waals surface area contributed by atoms with Gasteiger partial charge >= 0.3 is 29.6 Å². The number of carboxylic acid groups (broad SMARTS) is 1. The van der Waals surface area contributed by atoms with Gasteiger partial charge in [0.25, 0.3) is 5.56 Å². The van der Waals surface area contributed by atoms with Crippen molar-refractivity contribution in [3.8, 4) is 0 Å². The van der Waals surface area contributed by atoms with E-state index in [0.29, 0.717) is 35.2 Å². The number of aromatic nitrogens is 2. The Labute approximate surface area is 400 Å². The molecule has 16 nitrogen and oxygen atoms in total. The zero-order valence-electron chi connectivity index (χ0n) is 42.4. The number of azide groups is 1. The monoisotopic (exact) mass is 948 g/mol. The molecule has 1 saturated heterocycles. The zero-order valence-corrected chi connectivity index (χ0v) is 42.4. The van der Waals surface area contributed by atoms with Gasteiger partial charge in [-0.3, -0.25) is 33.5 Å². The maximum Gasteiger partial charge on any atom is 0.330 e. The van der Waals surface area contributed by atoms with E-state index < -0.39 is 64.3 Å². The number of carbonyl (C=O) groups is 4. The molecule has 0 unspecified atom stereocenters. The summed E-state index contributed by atoms with van der Waals surface area (Å²) in [5, 5.41) is 13.5. The molecule has 5 saturated carbocycles. The fourth-order valence-corrected chi connectivity index (χ4v) is 15.4. The average molecular weight is 948 g/mol. The van der Waals surface area contributed by atoms with E-state index in [1.165, 1.54) is 16.3 Å². The lowest BCUT2D eigenvalue weighted by atomic mass is 9.32.